The molecule has 94 valence electrons. The number of esters is 1. The molecule has 1 fully saturated rings. The molecule has 1 heterocycles. The highest BCUT2D eigenvalue weighted by atomic mass is 16.7. The molecule has 0 bridgehead atoms. The largest absolute Gasteiger partial charge is 0.468 e. The topological polar surface area (TPSA) is 61.8 Å². The van der Waals surface area contributed by atoms with Crippen molar-refractivity contribution in [2.24, 2.45) is 5.41 Å². The van der Waals surface area contributed by atoms with E-state index in [1.165, 1.54) is 7.11 Å². The molecular formula is C13H12O5. The molecule has 0 N–H and O–H groups in total. The number of ether oxygens (including phenoxy) is 3. The van der Waals surface area contributed by atoms with E-state index in [0.29, 0.717) is 29.9 Å². The monoisotopic (exact) mass is 248 g/mol. The Kier molecular flexibility index (Phi) is 2.29. The Morgan fingerprint density at radius 2 is 1.94 bits per heavy atom. The molecule has 2 aliphatic rings. The molecule has 1 aliphatic carbocycles. The van der Waals surface area contributed by atoms with Gasteiger partial charge < -0.3 is 14.2 Å². The Labute approximate surface area is 104 Å². The minimum absolute atomic E-state index is 0.162. The van der Waals surface area contributed by atoms with Crippen molar-refractivity contribution in [1.82, 2.24) is 0 Å². The summed E-state index contributed by atoms with van der Waals surface area (Å²) < 4.78 is 15.1. The van der Waals surface area contributed by atoms with Crippen LogP contribution in [0.1, 0.15) is 23.2 Å². The molecule has 5 heteroatoms. The third-order valence-electron chi connectivity index (χ3n) is 3.40. The highest BCUT2D eigenvalue weighted by molar-refractivity contribution is 6.15. The molecule has 18 heavy (non-hydrogen) atoms. The van der Waals surface area contributed by atoms with Crippen LogP contribution in [-0.4, -0.2) is 25.7 Å². The van der Waals surface area contributed by atoms with E-state index in [4.69, 9.17) is 14.2 Å². The van der Waals surface area contributed by atoms with Gasteiger partial charge in [0.15, 0.2) is 17.3 Å². The minimum Gasteiger partial charge on any atom is -0.468 e. The number of methoxy groups -OCH3 is 1. The lowest BCUT2D eigenvalue weighted by Gasteiger charge is -2.11. The summed E-state index contributed by atoms with van der Waals surface area (Å²) in [5, 5.41) is 0. The van der Waals surface area contributed by atoms with Crippen molar-refractivity contribution < 1.29 is 23.8 Å². The molecule has 1 aromatic rings. The van der Waals surface area contributed by atoms with Gasteiger partial charge in [-0.25, -0.2) is 0 Å². The highest BCUT2D eigenvalue weighted by Gasteiger charge is 2.57. The summed E-state index contributed by atoms with van der Waals surface area (Å²) in [6.45, 7) is 0.162. The van der Waals surface area contributed by atoms with E-state index in [1.807, 2.05) is 0 Å². The lowest BCUT2D eigenvalue weighted by atomic mass is 9.94. The fourth-order valence-corrected chi connectivity index (χ4v) is 2.16. The first kappa shape index (κ1) is 11.1. The SMILES string of the molecule is COC(=O)C1(C(=O)c2ccc3c(c2)OCO3)CC1. The number of ketones is 1. The van der Waals surface area contributed by atoms with Gasteiger partial charge in [0, 0.05) is 5.56 Å². The van der Waals surface area contributed by atoms with Crippen molar-refractivity contribution in [2.75, 3.05) is 13.9 Å². The van der Waals surface area contributed by atoms with Crippen LogP contribution in [0.3, 0.4) is 0 Å². The van der Waals surface area contributed by atoms with Crippen LogP contribution < -0.4 is 9.47 Å². The smallest absolute Gasteiger partial charge is 0.319 e. The van der Waals surface area contributed by atoms with Crippen LogP contribution >= 0.6 is 0 Å². The van der Waals surface area contributed by atoms with Gasteiger partial charge in [-0.3, -0.25) is 9.59 Å². The number of rotatable bonds is 3. The molecule has 0 amide bonds. The van der Waals surface area contributed by atoms with Gasteiger partial charge in [-0.2, -0.15) is 0 Å². The lowest BCUT2D eigenvalue weighted by molar-refractivity contribution is -0.145. The van der Waals surface area contributed by atoms with Crippen molar-refractivity contribution in [3.8, 4) is 11.5 Å². The van der Waals surface area contributed by atoms with Gasteiger partial charge in [-0.1, -0.05) is 0 Å². The summed E-state index contributed by atoms with van der Waals surface area (Å²) in [4.78, 5) is 24.0. The molecule has 1 saturated carbocycles. The standard InChI is InChI=1S/C13H12O5/c1-16-12(15)13(4-5-13)11(14)8-2-3-9-10(6-8)18-7-17-9/h2-3,6H,4-5,7H2,1H3. The van der Waals surface area contributed by atoms with Crippen molar-refractivity contribution in [2.45, 2.75) is 12.8 Å². The van der Waals surface area contributed by atoms with Gasteiger partial charge in [0.2, 0.25) is 6.79 Å². The van der Waals surface area contributed by atoms with Crippen LogP contribution in [-0.2, 0) is 9.53 Å². The predicted octanol–water partition coefficient (Wildman–Crippen LogP) is 1.55. The van der Waals surface area contributed by atoms with Gasteiger partial charge in [-0.15, -0.1) is 0 Å². The second kappa shape index (κ2) is 3.73. The Bertz CT molecular complexity index is 530. The first-order valence-electron chi connectivity index (χ1n) is 5.70. The van der Waals surface area contributed by atoms with E-state index in [-0.39, 0.29) is 12.6 Å². The Balaban J connectivity index is 1.92. The third kappa shape index (κ3) is 1.47. The van der Waals surface area contributed by atoms with Gasteiger partial charge in [0.25, 0.3) is 0 Å². The molecule has 0 aromatic heterocycles. The zero-order chi connectivity index (χ0) is 12.8. The molecule has 3 rings (SSSR count). The summed E-state index contributed by atoms with van der Waals surface area (Å²) in [5.41, 5.74) is -0.509. The van der Waals surface area contributed by atoms with Crippen molar-refractivity contribution >= 4 is 11.8 Å². The second-order valence-corrected chi connectivity index (χ2v) is 4.47. The molecule has 0 atom stereocenters. The number of hydrogen-bond acceptors (Lipinski definition) is 5. The number of hydrogen-bond donors (Lipinski definition) is 0. The van der Waals surface area contributed by atoms with Gasteiger partial charge >= 0.3 is 5.97 Å². The zero-order valence-electron chi connectivity index (χ0n) is 9.89. The average molecular weight is 248 g/mol. The third-order valence-corrected chi connectivity index (χ3v) is 3.40. The molecule has 0 saturated heterocycles. The fraction of sp³-hybridized carbons (Fsp3) is 0.385. The summed E-state index contributed by atoms with van der Waals surface area (Å²) >= 11 is 0. The maximum atomic E-state index is 12.3. The summed E-state index contributed by atoms with van der Waals surface area (Å²) in [7, 11) is 1.30. The second-order valence-electron chi connectivity index (χ2n) is 4.47. The summed E-state index contributed by atoms with van der Waals surface area (Å²) in [5.74, 6) is 0.508. The normalized spacial score (nSPS) is 18.3. The maximum absolute atomic E-state index is 12.3. The van der Waals surface area contributed by atoms with Crippen LogP contribution in [0.15, 0.2) is 18.2 Å². The lowest BCUT2D eigenvalue weighted by Crippen LogP contribution is -2.27. The Morgan fingerprint density at radius 3 is 2.61 bits per heavy atom. The predicted molar refractivity (Wildman–Crippen MR) is 60.6 cm³/mol. The Morgan fingerprint density at radius 1 is 1.22 bits per heavy atom. The van der Waals surface area contributed by atoms with E-state index in [9.17, 15) is 9.59 Å². The van der Waals surface area contributed by atoms with E-state index in [1.54, 1.807) is 18.2 Å². The first-order valence-corrected chi connectivity index (χ1v) is 5.70. The van der Waals surface area contributed by atoms with Gasteiger partial charge in [0.05, 0.1) is 7.11 Å². The molecule has 0 unspecified atom stereocenters. The number of fused-ring (bicyclic) bond motifs is 1. The van der Waals surface area contributed by atoms with E-state index < -0.39 is 11.4 Å². The number of carbonyl (C=O) groups excluding carboxylic acids is 2. The fourth-order valence-electron chi connectivity index (χ4n) is 2.16. The van der Waals surface area contributed by atoms with Crippen molar-refractivity contribution in [3.05, 3.63) is 23.8 Å². The molecule has 0 spiro atoms. The first-order chi connectivity index (χ1) is 8.67. The zero-order valence-corrected chi connectivity index (χ0v) is 9.89. The van der Waals surface area contributed by atoms with Gasteiger partial charge in [-0.05, 0) is 31.0 Å². The number of benzene rings is 1. The van der Waals surface area contributed by atoms with Crippen LogP contribution in [0.4, 0.5) is 0 Å². The molecule has 5 nitrogen and oxygen atoms in total. The molecule has 1 aliphatic heterocycles. The Hall–Kier alpha value is -2.04. The average Bonchev–Trinajstić information content (AvgIpc) is 3.08. The molecule has 0 radical (unpaired) electrons. The van der Waals surface area contributed by atoms with Crippen molar-refractivity contribution in [3.63, 3.8) is 0 Å². The quantitative estimate of drug-likeness (QED) is 0.461. The van der Waals surface area contributed by atoms with Gasteiger partial charge in [0.1, 0.15) is 5.41 Å². The van der Waals surface area contributed by atoms with Crippen LogP contribution in [0, 0.1) is 5.41 Å². The van der Waals surface area contributed by atoms with Crippen LogP contribution in [0.25, 0.3) is 0 Å². The van der Waals surface area contributed by atoms with Crippen LogP contribution in [0.2, 0.25) is 0 Å². The van der Waals surface area contributed by atoms with E-state index >= 15 is 0 Å². The number of Topliss-reactive ketones (excluding diaryl/α,β-unsaturated/α-hetero) is 1. The summed E-state index contributed by atoms with van der Waals surface area (Å²) in [6.07, 6.45) is 1.10. The molecular weight excluding hydrogens is 236 g/mol. The number of carbonyl (C=O) groups is 2. The minimum atomic E-state index is -0.970. The summed E-state index contributed by atoms with van der Waals surface area (Å²) in [6, 6.07) is 4.95. The van der Waals surface area contributed by atoms with E-state index in [0.717, 1.165) is 0 Å². The highest BCUT2D eigenvalue weighted by Crippen LogP contribution is 2.49. The van der Waals surface area contributed by atoms with E-state index in [2.05, 4.69) is 0 Å². The van der Waals surface area contributed by atoms with Crippen molar-refractivity contribution in [1.29, 1.82) is 0 Å². The maximum Gasteiger partial charge on any atom is 0.319 e. The molecule has 1 aromatic carbocycles. The van der Waals surface area contributed by atoms with Crippen LogP contribution in [0.5, 0.6) is 11.5 Å².